The number of hydrogen-bond donors (Lipinski definition) is 2. The van der Waals surface area contributed by atoms with Crippen LogP contribution in [0.2, 0.25) is 0 Å². The number of amides is 1. The number of carbonyl (C=O) groups is 1. The van der Waals surface area contributed by atoms with E-state index in [0.717, 1.165) is 19.4 Å². The minimum Gasteiger partial charge on any atom is -0.378 e. The van der Waals surface area contributed by atoms with Crippen molar-refractivity contribution < 1.29 is 18.3 Å². The van der Waals surface area contributed by atoms with E-state index in [4.69, 9.17) is 4.74 Å². The SMILES string of the molecule is O=C(N[C@H]1CCCN(Cc2c(F)cccc2F)C1)[C@@H]1COCCN1. The first-order valence-electron chi connectivity index (χ1n) is 8.40. The van der Waals surface area contributed by atoms with Crippen LogP contribution in [0, 0.1) is 11.6 Å². The molecule has 0 aliphatic carbocycles. The predicted octanol–water partition coefficient (Wildman–Crippen LogP) is 1.03. The van der Waals surface area contributed by atoms with Crippen LogP contribution in [-0.2, 0) is 16.1 Å². The second kappa shape index (κ2) is 8.00. The van der Waals surface area contributed by atoms with Gasteiger partial charge < -0.3 is 15.4 Å². The summed E-state index contributed by atoms with van der Waals surface area (Å²) in [5.74, 6) is -1.12. The highest BCUT2D eigenvalue weighted by Crippen LogP contribution is 2.18. The van der Waals surface area contributed by atoms with Gasteiger partial charge in [-0.15, -0.1) is 0 Å². The van der Waals surface area contributed by atoms with Crippen molar-refractivity contribution >= 4 is 5.91 Å². The summed E-state index contributed by atoms with van der Waals surface area (Å²) in [6.45, 7) is 3.24. The average molecular weight is 339 g/mol. The standard InChI is InChI=1S/C17H23F2N3O2/c18-14-4-1-5-15(19)13(14)10-22-7-2-3-12(9-22)21-17(23)16-11-24-8-6-20-16/h1,4-5,12,16,20H,2-3,6-11H2,(H,21,23)/t12-,16-/m0/s1. The highest BCUT2D eigenvalue weighted by Gasteiger charge is 2.27. The lowest BCUT2D eigenvalue weighted by molar-refractivity contribution is -0.127. The molecule has 2 fully saturated rings. The van der Waals surface area contributed by atoms with Crippen LogP contribution in [0.3, 0.4) is 0 Å². The molecule has 2 saturated heterocycles. The molecule has 5 nitrogen and oxygen atoms in total. The fraction of sp³-hybridized carbons (Fsp3) is 0.588. The highest BCUT2D eigenvalue weighted by molar-refractivity contribution is 5.82. The van der Waals surface area contributed by atoms with Crippen molar-refractivity contribution in [1.82, 2.24) is 15.5 Å². The molecule has 7 heteroatoms. The van der Waals surface area contributed by atoms with Crippen LogP contribution in [0.25, 0.3) is 0 Å². The lowest BCUT2D eigenvalue weighted by Gasteiger charge is -2.34. The number of halogens is 2. The summed E-state index contributed by atoms with van der Waals surface area (Å²) in [7, 11) is 0. The first kappa shape index (κ1) is 17.3. The predicted molar refractivity (Wildman–Crippen MR) is 85.4 cm³/mol. The summed E-state index contributed by atoms with van der Waals surface area (Å²) in [6, 6.07) is 3.59. The van der Waals surface area contributed by atoms with Gasteiger partial charge in [0.05, 0.1) is 13.2 Å². The Bertz CT molecular complexity index is 559. The van der Waals surface area contributed by atoms with Gasteiger partial charge in [-0.05, 0) is 31.5 Å². The van der Waals surface area contributed by atoms with Crippen LogP contribution in [0.5, 0.6) is 0 Å². The summed E-state index contributed by atoms with van der Waals surface area (Å²) in [6.07, 6.45) is 1.76. The smallest absolute Gasteiger partial charge is 0.239 e. The molecule has 0 spiro atoms. The van der Waals surface area contributed by atoms with Gasteiger partial charge in [-0.3, -0.25) is 9.69 Å². The molecule has 1 aromatic carbocycles. The Morgan fingerprint density at radius 1 is 1.38 bits per heavy atom. The number of likely N-dealkylation sites (tertiary alicyclic amines) is 1. The molecule has 0 radical (unpaired) electrons. The zero-order valence-corrected chi connectivity index (χ0v) is 13.6. The molecule has 3 rings (SSSR count). The van der Waals surface area contributed by atoms with E-state index in [0.29, 0.717) is 26.3 Å². The lowest BCUT2D eigenvalue weighted by atomic mass is 10.0. The number of benzene rings is 1. The summed E-state index contributed by atoms with van der Waals surface area (Å²) in [4.78, 5) is 14.2. The van der Waals surface area contributed by atoms with Gasteiger partial charge in [0.25, 0.3) is 0 Å². The second-order valence-electron chi connectivity index (χ2n) is 6.36. The van der Waals surface area contributed by atoms with Crippen molar-refractivity contribution in [2.45, 2.75) is 31.5 Å². The van der Waals surface area contributed by atoms with Gasteiger partial charge in [0.2, 0.25) is 5.91 Å². The molecule has 2 atom stereocenters. The molecule has 2 aliphatic rings. The lowest BCUT2D eigenvalue weighted by Crippen LogP contribution is -2.56. The van der Waals surface area contributed by atoms with E-state index in [1.54, 1.807) is 0 Å². The molecule has 2 heterocycles. The first-order valence-corrected chi connectivity index (χ1v) is 8.40. The van der Waals surface area contributed by atoms with Crippen molar-refractivity contribution in [2.75, 3.05) is 32.8 Å². The van der Waals surface area contributed by atoms with Gasteiger partial charge in [-0.25, -0.2) is 8.78 Å². The molecule has 0 bridgehead atoms. The largest absolute Gasteiger partial charge is 0.378 e. The molecular formula is C17H23F2N3O2. The van der Waals surface area contributed by atoms with E-state index in [-0.39, 0.29) is 30.1 Å². The van der Waals surface area contributed by atoms with E-state index >= 15 is 0 Å². The maximum atomic E-state index is 13.8. The summed E-state index contributed by atoms with van der Waals surface area (Å²) >= 11 is 0. The van der Waals surface area contributed by atoms with Crippen LogP contribution in [0.1, 0.15) is 18.4 Å². The Hall–Kier alpha value is -1.57. The number of morpholine rings is 1. The minimum absolute atomic E-state index is 0.00943. The van der Waals surface area contributed by atoms with Crippen molar-refractivity contribution in [3.63, 3.8) is 0 Å². The highest BCUT2D eigenvalue weighted by atomic mass is 19.1. The fourth-order valence-electron chi connectivity index (χ4n) is 3.26. The third kappa shape index (κ3) is 4.28. The second-order valence-corrected chi connectivity index (χ2v) is 6.36. The molecule has 132 valence electrons. The van der Waals surface area contributed by atoms with Gasteiger partial charge >= 0.3 is 0 Å². The number of hydrogen-bond acceptors (Lipinski definition) is 4. The Morgan fingerprint density at radius 3 is 2.88 bits per heavy atom. The third-order valence-corrected chi connectivity index (χ3v) is 4.53. The minimum atomic E-state index is -0.523. The zero-order valence-electron chi connectivity index (χ0n) is 13.6. The van der Waals surface area contributed by atoms with Gasteiger partial charge in [0.15, 0.2) is 0 Å². The number of ether oxygens (including phenoxy) is 1. The van der Waals surface area contributed by atoms with E-state index in [1.807, 2.05) is 4.90 Å². The van der Waals surface area contributed by atoms with Crippen LogP contribution in [0.4, 0.5) is 8.78 Å². The Balaban J connectivity index is 1.55. The average Bonchev–Trinajstić information content (AvgIpc) is 2.59. The summed E-state index contributed by atoms with van der Waals surface area (Å²) in [5.41, 5.74) is 0.0897. The van der Waals surface area contributed by atoms with Gasteiger partial charge in [-0.1, -0.05) is 6.07 Å². The molecule has 1 amide bonds. The van der Waals surface area contributed by atoms with Crippen LogP contribution >= 0.6 is 0 Å². The Kier molecular flexibility index (Phi) is 5.76. The quantitative estimate of drug-likeness (QED) is 0.861. The van der Waals surface area contributed by atoms with E-state index in [9.17, 15) is 13.6 Å². The fourth-order valence-corrected chi connectivity index (χ4v) is 3.26. The van der Waals surface area contributed by atoms with Gasteiger partial charge in [0, 0.05) is 31.2 Å². The molecule has 0 saturated carbocycles. The number of nitrogens with one attached hydrogen (secondary N) is 2. The molecule has 1 aromatic rings. The number of rotatable bonds is 4. The molecule has 0 unspecified atom stereocenters. The van der Waals surface area contributed by atoms with E-state index < -0.39 is 11.6 Å². The van der Waals surface area contributed by atoms with Crippen LogP contribution in [-0.4, -0.2) is 55.7 Å². The number of nitrogens with zero attached hydrogens (tertiary/aromatic N) is 1. The molecule has 2 aliphatic heterocycles. The van der Waals surface area contributed by atoms with Gasteiger partial charge in [-0.2, -0.15) is 0 Å². The Morgan fingerprint density at radius 2 is 2.17 bits per heavy atom. The maximum absolute atomic E-state index is 13.8. The van der Waals surface area contributed by atoms with E-state index in [1.165, 1.54) is 18.2 Å². The number of carbonyl (C=O) groups excluding carboxylic acids is 1. The summed E-state index contributed by atoms with van der Waals surface area (Å²) < 4.78 is 32.9. The topological polar surface area (TPSA) is 53.6 Å². The van der Waals surface area contributed by atoms with E-state index in [2.05, 4.69) is 10.6 Å². The van der Waals surface area contributed by atoms with Crippen LogP contribution in [0.15, 0.2) is 18.2 Å². The Labute approximate surface area is 140 Å². The van der Waals surface area contributed by atoms with Crippen molar-refractivity contribution in [3.05, 3.63) is 35.4 Å². The van der Waals surface area contributed by atoms with Gasteiger partial charge in [0.1, 0.15) is 17.7 Å². The maximum Gasteiger partial charge on any atom is 0.239 e. The number of piperidine rings is 1. The van der Waals surface area contributed by atoms with Crippen LogP contribution < -0.4 is 10.6 Å². The zero-order chi connectivity index (χ0) is 16.9. The molecule has 0 aromatic heterocycles. The third-order valence-electron chi connectivity index (χ3n) is 4.53. The first-order chi connectivity index (χ1) is 11.6. The normalized spacial score (nSPS) is 25.4. The molecule has 2 N–H and O–H groups in total. The molecular weight excluding hydrogens is 316 g/mol. The van der Waals surface area contributed by atoms with Crippen molar-refractivity contribution in [2.24, 2.45) is 0 Å². The molecule has 24 heavy (non-hydrogen) atoms. The summed E-state index contributed by atoms with van der Waals surface area (Å²) in [5, 5.41) is 6.15. The van der Waals surface area contributed by atoms with Crippen molar-refractivity contribution in [3.8, 4) is 0 Å². The van der Waals surface area contributed by atoms with Crippen molar-refractivity contribution in [1.29, 1.82) is 0 Å². The monoisotopic (exact) mass is 339 g/mol.